The molecule has 4 heterocycles. The van der Waals surface area contributed by atoms with Crippen LogP contribution in [0.15, 0.2) is 122 Å². The zero-order valence-corrected chi connectivity index (χ0v) is 35.2. The highest BCUT2D eigenvalue weighted by molar-refractivity contribution is 6.76. The van der Waals surface area contributed by atoms with Gasteiger partial charge in [0.2, 0.25) is 0 Å². The maximum Gasteiger partial charge on any atom is 0.321 e. The molecular formula is C46H55N7O4Si. The highest BCUT2D eigenvalue weighted by Gasteiger charge is 2.55. The molecule has 0 bridgehead atoms. The van der Waals surface area contributed by atoms with Gasteiger partial charge in [-0.1, -0.05) is 92.4 Å². The number of carbonyl (C=O) groups is 1. The number of benzene rings is 4. The molecule has 2 amide bonds. The number of hydrogen-bond acceptors (Lipinski definition) is 7. The third-order valence-corrected chi connectivity index (χ3v) is 13.0. The van der Waals surface area contributed by atoms with Crippen LogP contribution in [0.3, 0.4) is 0 Å². The number of urea groups is 1. The van der Waals surface area contributed by atoms with Crippen LogP contribution in [0.2, 0.25) is 25.7 Å². The monoisotopic (exact) mass is 797 g/mol. The van der Waals surface area contributed by atoms with E-state index in [-0.39, 0.29) is 18.1 Å². The van der Waals surface area contributed by atoms with Gasteiger partial charge >= 0.3 is 6.03 Å². The summed E-state index contributed by atoms with van der Waals surface area (Å²) in [4.78, 5) is 19.7. The average molecular weight is 798 g/mol. The lowest BCUT2D eigenvalue weighted by Crippen LogP contribution is -2.51. The second-order valence-electron chi connectivity index (χ2n) is 17.3. The first-order valence-corrected chi connectivity index (χ1v) is 24.0. The highest BCUT2D eigenvalue weighted by atomic mass is 28.3. The van der Waals surface area contributed by atoms with Crippen molar-refractivity contribution >= 4 is 30.7 Å². The summed E-state index contributed by atoms with van der Waals surface area (Å²) < 4.78 is 23.6. The molecule has 0 radical (unpaired) electrons. The molecule has 0 saturated carbocycles. The van der Waals surface area contributed by atoms with Gasteiger partial charge < -0.3 is 29.7 Å². The number of aromatic nitrogens is 4. The van der Waals surface area contributed by atoms with Crippen LogP contribution < -0.4 is 5.73 Å². The number of carbonyl (C=O) groups excluding carboxylic acids is 1. The molecule has 2 aliphatic heterocycles. The quantitative estimate of drug-likeness (QED) is 0.0671. The first kappa shape index (κ1) is 39.5. The van der Waals surface area contributed by atoms with Crippen LogP contribution >= 0.6 is 0 Å². The lowest BCUT2D eigenvalue weighted by Gasteiger charge is -2.37. The summed E-state index contributed by atoms with van der Waals surface area (Å²) in [7, 11) is -1.20. The number of nitrogens with two attached hydrogens (primary N) is 1. The third kappa shape index (κ3) is 8.90. The van der Waals surface area contributed by atoms with Crippen LogP contribution in [0, 0.1) is 0 Å². The van der Waals surface area contributed by atoms with Gasteiger partial charge in [-0.25, -0.2) is 14.2 Å². The molecular weight excluding hydrogens is 743 g/mol. The Morgan fingerprint density at radius 3 is 1.95 bits per heavy atom. The molecule has 0 spiro atoms. The molecule has 6 aromatic rings. The summed E-state index contributed by atoms with van der Waals surface area (Å²) in [6, 6.07) is 35.2. The fourth-order valence-corrected chi connectivity index (χ4v) is 9.06. The molecule has 11 nitrogen and oxygen atoms in total. The Bertz CT molecular complexity index is 2310. The highest BCUT2D eigenvalue weighted by Crippen LogP contribution is 2.41. The van der Waals surface area contributed by atoms with Gasteiger partial charge in [-0.3, -0.25) is 0 Å². The Morgan fingerprint density at radius 1 is 0.759 bits per heavy atom. The number of rotatable bonds is 14. The Hall–Kier alpha value is -5.27. The predicted octanol–water partition coefficient (Wildman–Crippen LogP) is 8.30. The van der Waals surface area contributed by atoms with Crippen molar-refractivity contribution < 1.29 is 19.0 Å². The lowest BCUT2D eigenvalue weighted by molar-refractivity contribution is -0.157. The van der Waals surface area contributed by atoms with E-state index in [9.17, 15) is 0 Å². The minimum atomic E-state index is -1.20. The number of ether oxygens (including phenoxy) is 3. The van der Waals surface area contributed by atoms with E-state index in [1.165, 1.54) is 0 Å². The van der Waals surface area contributed by atoms with Crippen molar-refractivity contribution in [1.82, 2.24) is 29.4 Å². The van der Waals surface area contributed by atoms with Crippen molar-refractivity contribution in [3.63, 3.8) is 0 Å². The standard InChI is InChI=1S/C46H55N7O4Si/c1-46(2)56-43-41(26-33-13-8-6-9-14-33)50(30-35-18-20-39-37(25-35)29-49-53(39)32-55-23-24-58(3,4)5)45(54)51(42(44(43)57-46)27-34-15-10-7-11-16-34)31-36-17-19-38(47)40(28-36)52-22-12-21-48-52/h6-22,25,28-29,41-44H,23-24,26-27,30-32,47H2,1-5H3/t41-,42-,43+,44+/m1/s1. The summed E-state index contributed by atoms with van der Waals surface area (Å²) >= 11 is 0. The van der Waals surface area contributed by atoms with E-state index >= 15 is 4.79 Å². The zero-order chi connectivity index (χ0) is 40.4. The molecule has 12 heteroatoms. The number of hydrogen-bond donors (Lipinski definition) is 1. The molecule has 2 aliphatic rings. The van der Waals surface area contributed by atoms with E-state index in [1.54, 1.807) is 10.9 Å². The van der Waals surface area contributed by atoms with Crippen molar-refractivity contribution in [3.05, 3.63) is 144 Å². The van der Waals surface area contributed by atoms with E-state index < -0.39 is 26.1 Å². The van der Waals surface area contributed by atoms with Gasteiger partial charge in [-0.15, -0.1) is 0 Å². The summed E-state index contributed by atoms with van der Waals surface area (Å²) in [6.07, 6.45) is 5.85. The van der Waals surface area contributed by atoms with Crippen LogP contribution in [0.5, 0.6) is 0 Å². The van der Waals surface area contributed by atoms with Crippen molar-refractivity contribution in [3.8, 4) is 5.69 Å². The summed E-state index contributed by atoms with van der Waals surface area (Å²) in [5.74, 6) is -0.865. The summed E-state index contributed by atoms with van der Waals surface area (Å²) in [5, 5.41) is 10.1. The number of fused-ring (bicyclic) bond motifs is 2. The second-order valence-corrected chi connectivity index (χ2v) is 23.0. The van der Waals surface area contributed by atoms with Crippen molar-refractivity contribution in [1.29, 1.82) is 0 Å². The van der Waals surface area contributed by atoms with Crippen LogP contribution in [-0.4, -0.2) is 80.2 Å². The van der Waals surface area contributed by atoms with Gasteiger partial charge in [0.25, 0.3) is 0 Å². The van der Waals surface area contributed by atoms with E-state index in [1.807, 2.05) is 89.3 Å². The van der Waals surface area contributed by atoms with E-state index in [0.29, 0.717) is 38.3 Å². The normalized spacial score (nSPS) is 20.7. The van der Waals surface area contributed by atoms with Gasteiger partial charge in [-0.05, 0) is 85.3 Å². The largest absolute Gasteiger partial charge is 0.397 e. The zero-order valence-electron chi connectivity index (χ0n) is 34.2. The molecule has 0 unspecified atom stereocenters. The van der Waals surface area contributed by atoms with Crippen LogP contribution in [0.25, 0.3) is 16.6 Å². The Balaban J connectivity index is 1.19. The van der Waals surface area contributed by atoms with Crippen LogP contribution in [0.4, 0.5) is 10.5 Å². The smallest absolute Gasteiger partial charge is 0.321 e. The van der Waals surface area contributed by atoms with Gasteiger partial charge in [-0.2, -0.15) is 10.2 Å². The van der Waals surface area contributed by atoms with Gasteiger partial charge in [0.15, 0.2) is 5.79 Å². The topological polar surface area (TPSA) is 113 Å². The van der Waals surface area contributed by atoms with Crippen molar-refractivity contribution in [2.24, 2.45) is 0 Å². The Labute approximate surface area is 342 Å². The maximum absolute atomic E-state index is 15.7. The van der Waals surface area contributed by atoms with Crippen LogP contribution in [0.1, 0.15) is 36.1 Å². The SMILES string of the molecule is CC1(C)O[C@@H]2[C@@H](O1)[C@@H](Cc1ccccc1)N(Cc1ccc3c(cnn3COCC[Si](C)(C)C)c1)C(=O)N(Cc1ccc(N)c(-n3cccn3)c1)[C@@H]2Cc1ccccc1. The number of nitrogen functional groups attached to an aromatic ring is 1. The lowest BCUT2D eigenvalue weighted by atomic mass is 9.91. The average Bonchev–Trinajstić information content (AvgIpc) is 3.95. The summed E-state index contributed by atoms with van der Waals surface area (Å²) in [5.41, 5.74) is 13.0. The minimum absolute atomic E-state index is 0.0784. The number of anilines is 1. The molecule has 8 rings (SSSR count). The fraction of sp³-hybridized carbons (Fsp3) is 0.370. The molecule has 4 aromatic carbocycles. The predicted molar refractivity (Wildman–Crippen MR) is 230 cm³/mol. The molecule has 4 atom stereocenters. The number of amides is 2. The Kier molecular flexibility index (Phi) is 11.3. The molecule has 2 saturated heterocycles. The van der Waals surface area contributed by atoms with Gasteiger partial charge in [0.05, 0.1) is 35.2 Å². The van der Waals surface area contributed by atoms with Crippen molar-refractivity contribution in [2.75, 3.05) is 12.3 Å². The summed E-state index contributed by atoms with van der Waals surface area (Å²) in [6.45, 7) is 12.8. The maximum atomic E-state index is 15.7. The van der Waals surface area contributed by atoms with E-state index in [2.05, 4.69) is 84.4 Å². The Morgan fingerprint density at radius 2 is 1.36 bits per heavy atom. The third-order valence-electron chi connectivity index (χ3n) is 11.3. The minimum Gasteiger partial charge on any atom is -0.397 e. The van der Waals surface area contributed by atoms with Gasteiger partial charge in [0, 0.05) is 45.6 Å². The van der Waals surface area contributed by atoms with Crippen molar-refractivity contribution in [2.45, 2.75) is 102 Å². The first-order chi connectivity index (χ1) is 27.9. The van der Waals surface area contributed by atoms with E-state index in [4.69, 9.17) is 19.9 Å². The van der Waals surface area contributed by atoms with Crippen LogP contribution in [-0.2, 0) is 46.9 Å². The number of nitrogens with zero attached hydrogens (tertiary/aromatic N) is 6. The molecule has 58 heavy (non-hydrogen) atoms. The molecule has 2 N–H and O–H groups in total. The first-order valence-electron chi connectivity index (χ1n) is 20.3. The molecule has 0 aliphatic carbocycles. The van der Waals surface area contributed by atoms with E-state index in [0.717, 1.165) is 51.5 Å². The fourth-order valence-electron chi connectivity index (χ4n) is 8.31. The second kappa shape index (κ2) is 16.5. The molecule has 2 fully saturated rings. The van der Waals surface area contributed by atoms with Gasteiger partial charge in [0.1, 0.15) is 18.9 Å². The molecule has 302 valence electrons. The molecule has 2 aromatic heterocycles.